The molecule has 1 aliphatic rings. The highest BCUT2D eigenvalue weighted by atomic mass is 14.2. The van der Waals surface area contributed by atoms with Gasteiger partial charge in [-0.2, -0.15) is 0 Å². The number of allylic oxidation sites excluding steroid dienone is 2. The quantitative estimate of drug-likeness (QED) is 0.438. The van der Waals surface area contributed by atoms with Gasteiger partial charge in [-0.15, -0.1) is 0 Å². The van der Waals surface area contributed by atoms with E-state index in [4.69, 9.17) is 0 Å². The van der Waals surface area contributed by atoms with Crippen LogP contribution in [-0.4, -0.2) is 0 Å². The molecule has 0 aromatic rings. The molecule has 3 unspecified atom stereocenters. The van der Waals surface area contributed by atoms with Crippen LogP contribution in [-0.2, 0) is 0 Å². The van der Waals surface area contributed by atoms with Gasteiger partial charge in [0.1, 0.15) is 0 Å². The summed E-state index contributed by atoms with van der Waals surface area (Å²) < 4.78 is 0. The maximum absolute atomic E-state index is 2.47. The molecule has 1 aliphatic carbocycles. The van der Waals surface area contributed by atoms with Crippen molar-refractivity contribution in [1.29, 1.82) is 0 Å². The third-order valence-electron chi connectivity index (χ3n) is 5.36. The highest BCUT2D eigenvalue weighted by Gasteiger charge is 2.19. The van der Waals surface area contributed by atoms with Crippen molar-refractivity contribution in [3.05, 3.63) is 11.1 Å². The predicted octanol–water partition coefficient (Wildman–Crippen LogP) is 6.37. The molecule has 0 radical (unpaired) electrons. The van der Waals surface area contributed by atoms with Crippen LogP contribution in [0.2, 0.25) is 0 Å². The second-order valence-electron chi connectivity index (χ2n) is 6.88. The lowest BCUT2D eigenvalue weighted by molar-refractivity contribution is 0.258. The summed E-state index contributed by atoms with van der Waals surface area (Å²) in [5, 5.41) is 0. The normalized spacial score (nSPS) is 33.5. The van der Waals surface area contributed by atoms with Crippen LogP contribution in [0.4, 0.5) is 0 Å². The van der Waals surface area contributed by atoms with E-state index in [1.807, 2.05) is 0 Å². The standard InChI is InChI=1S/C18H34/c1-14-11-9-7-6-8-10-12-15(2)18(5)17(4)13-16(14)3/h15,17-18H,6-13H2,1-5H3. The van der Waals surface area contributed by atoms with E-state index >= 15 is 0 Å². The molecule has 18 heavy (non-hydrogen) atoms. The first-order valence-electron chi connectivity index (χ1n) is 8.17. The molecule has 0 nitrogen and oxygen atoms in total. The summed E-state index contributed by atoms with van der Waals surface area (Å²) in [5.41, 5.74) is 3.33. The molecule has 0 heteroatoms. The molecule has 0 aromatic carbocycles. The predicted molar refractivity (Wildman–Crippen MR) is 82.8 cm³/mol. The van der Waals surface area contributed by atoms with Gasteiger partial charge in [0.25, 0.3) is 0 Å². The molecule has 0 aliphatic heterocycles. The summed E-state index contributed by atoms with van der Waals surface area (Å²) in [5.74, 6) is 2.61. The Bertz CT molecular complexity index is 261. The van der Waals surface area contributed by atoms with Crippen LogP contribution in [0.25, 0.3) is 0 Å². The van der Waals surface area contributed by atoms with Crippen molar-refractivity contribution in [2.24, 2.45) is 17.8 Å². The monoisotopic (exact) mass is 250 g/mol. The third-order valence-corrected chi connectivity index (χ3v) is 5.36. The number of hydrogen-bond donors (Lipinski definition) is 0. The minimum absolute atomic E-state index is 0.843. The van der Waals surface area contributed by atoms with E-state index in [-0.39, 0.29) is 0 Å². The minimum atomic E-state index is 0.843. The average Bonchev–Trinajstić information content (AvgIpc) is 2.35. The Hall–Kier alpha value is -0.260. The number of rotatable bonds is 0. The fourth-order valence-corrected chi connectivity index (χ4v) is 3.27. The Morgan fingerprint density at radius 3 is 2.06 bits per heavy atom. The molecule has 1 rings (SSSR count). The highest BCUT2D eigenvalue weighted by Crippen LogP contribution is 2.31. The van der Waals surface area contributed by atoms with E-state index in [1.54, 1.807) is 11.1 Å². The summed E-state index contributed by atoms with van der Waals surface area (Å²) in [4.78, 5) is 0. The zero-order valence-electron chi connectivity index (χ0n) is 13.4. The highest BCUT2D eigenvalue weighted by molar-refractivity contribution is 5.10. The molecule has 0 fully saturated rings. The molecule has 0 amide bonds. The summed E-state index contributed by atoms with van der Waals surface area (Å²) in [6, 6.07) is 0. The smallest absolute Gasteiger partial charge is 0.0292 e. The van der Waals surface area contributed by atoms with Gasteiger partial charge in [-0.3, -0.25) is 0 Å². The summed E-state index contributed by atoms with van der Waals surface area (Å²) in [6.45, 7) is 12.1. The molecule has 0 aromatic heterocycles. The zero-order chi connectivity index (χ0) is 13.5. The van der Waals surface area contributed by atoms with Crippen LogP contribution in [0.15, 0.2) is 11.1 Å². The Labute approximate surface area is 115 Å². The van der Waals surface area contributed by atoms with Gasteiger partial charge in [0.05, 0.1) is 0 Å². The molecule has 0 spiro atoms. The summed E-state index contributed by atoms with van der Waals surface area (Å²) in [6.07, 6.45) is 11.3. The average molecular weight is 250 g/mol. The van der Waals surface area contributed by atoms with E-state index in [0.717, 1.165) is 17.8 Å². The Balaban J connectivity index is 2.67. The molecule has 3 atom stereocenters. The second-order valence-corrected chi connectivity index (χ2v) is 6.88. The van der Waals surface area contributed by atoms with Crippen molar-refractivity contribution < 1.29 is 0 Å². The first-order chi connectivity index (χ1) is 8.52. The van der Waals surface area contributed by atoms with Gasteiger partial charge in [0.2, 0.25) is 0 Å². The van der Waals surface area contributed by atoms with Crippen LogP contribution in [0.1, 0.15) is 86.0 Å². The van der Waals surface area contributed by atoms with Crippen molar-refractivity contribution in [1.82, 2.24) is 0 Å². The topological polar surface area (TPSA) is 0 Å². The molecule has 0 bridgehead atoms. The van der Waals surface area contributed by atoms with E-state index in [0.29, 0.717) is 0 Å². The van der Waals surface area contributed by atoms with Gasteiger partial charge in [-0.05, 0) is 50.9 Å². The second kappa shape index (κ2) is 8.02. The fourth-order valence-electron chi connectivity index (χ4n) is 3.27. The fraction of sp³-hybridized carbons (Fsp3) is 0.889. The largest absolute Gasteiger partial charge is 0.0744 e. The molecule has 0 saturated heterocycles. The first-order valence-corrected chi connectivity index (χ1v) is 8.17. The van der Waals surface area contributed by atoms with Gasteiger partial charge >= 0.3 is 0 Å². The van der Waals surface area contributed by atoms with Gasteiger partial charge in [-0.1, -0.05) is 64.0 Å². The maximum atomic E-state index is 2.47. The van der Waals surface area contributed by atoms with Crippen molar-refractivity contribution in [3.8, 4) is 0 Å². The van der Waals surface area contributed by atoms with Crippen molar-refractivity contribution in [3.63, 3.8) is 0 Å². The lowest BCUT2D eigenvalue weighted by atomic mass is 9.79. The lowest BCUT2D eigenvalue weighted by Gasteiger charge is -2.27. The maximum Gasteiger partial charge on any atom is -0.0292 e. The van der Waals surface area contributed by atoms with Gasteiger partial charge in [0, 0.05) is 0 Å². The summed E-state index contributed by atoms with van der Waals surface area (Å²) >= 11 is 0. The first kappa shape index (κ1) is 15.8. The van der Waals surface area contributed by atoms with Crippen LogP contribution in [0.5, 0.6) is 0 Å². The van der Waals surface area contributed by atoms with E-state index < -0.39 is 0 Å². The Morgan fingerprint density at radius 2 is 1.33 bits per heavy atom. The van der Waals surface area contributed by atoms with Crippen molar-refractivity contribution in [2.45, 2.75) is 86.0 Å². The third kappa shape index (κ3) is 5.16. The van der Waals surface area contributed by atoms with Gasteiger partial charge in [-0.25, -0.2) is 0 Å². The molecule has 0 N–H and O–H groups in total. The zero-order valence-corrected chi connectivity index (χ0v) is 13.4. The number of hydrogen-bond acceptors (Lipinski definition) is 0. The SMILES string of the molecule is CC1=C(C)CC(C)C(C)C(C)CCCCCCC1. The van der Waals surface area contributed by atoms with E-state index in [9.17, 15) is 0 Å². The molecule has 106 valence electrons. The lowest BCUT2D eigenvalue weighted by Crippen LogP contribution is -2.17. The molecule has 0 heterocycles. The van der Waals surface area contributed by atoms with E-state index in [2.05, 4.69) is 34.6 Å². The van der Waals surface area contributed by atoms with Crippen LogP contribution in [0, 0.1) is 17.8 Å². The van der Waals surface area contributed by atoms with Crippen LogP contribution >= 0.6 is 0 Å². The van der Waals surface area contributed by atoms with Crippen LogP contribution in [0.3, 0.4) is 0 Å². The van der Waals surface area contributed by atoms with E-state index in [1.165, 1.54) is 51.4 Å². The van der Waals surface area contributed by atoms with Crippen molar-refractivity contribution >= 4 is 0 Å². The molecular weight excluding hydrogens is 216 g/mol. The molecular formula is C18H34. The molecule has 0 saturated carbocycles. The van der Waals surface area contributed by atoms with Crippen LogP contribution < -0.4 is 0 Å². The summed E-state index contributed by atoms with van der Waals surface area (Å²) in [7, 11) is 0. The minimum Gasteiger partial charge on any atom is -0.0744 e. The van der Waals surface area contributed by atoms with Crippen molar-refractivity contribution in [2.75, 3.05) is 0 Å². The van der Waals surface area contributed by atoms with Gasteiger partial charge < -0.3 is 0 Å². The van der Waals surface area contributed by atoms with Gasteiger partial charge in [0.15, 0.2) is 0 Å². The Kier molecular flexibility index (Phi) is 7.04. The Morgan fingerprint density at radius 1 is 0.722 bits per heavy atom.